The van der Waals surface area contributed by atoms with Crippen LogP contribution in [0.1, 0.15) is 19.3 Å². The molecule has 3 aromatic rings. The molecular formula is C21H23N3O2. The highest BCUT2D eigenvalue weighted by Crippen LogP contribution is 2.20. The van der Waals surface area contributed by atoms with Crippen LogP contribution < -0.4 is 10.3 Å². The second-order valence-corrected chi connectivity index (χ2v) is 6.71. The molecule has 0 saturated carbocycles. The van der Waals surface area contributed by atoms with Crippen molar-refractivity contribution in [2.45, 2.75) is 19.3 Å². The van der Waals surface area contributed by atoms with Gasteiger partial charge >= 0.3 is 0 Å². The Hall–Kier alpha value is -2.66. The van der Waals surface area contributed by atoms with Crippen molar-refractivity contribution in [3.63, 3.8) is 0 Å². The first kappa shape index (κ1) is 16.8. The fourth-order valence-corrected chi connectivity index (χ4v) is 3.42. The molecule has 1 saturated heterocycles. The van der Waals surface area contributed by atoms with E-state index in [1.807, 2.05) is 42.5 Å². The lowest BCUT2D eigenvalue weighted by atomic mass is 10.2. The summed E-state index contributed by atoms with van der Waals surface area (Å²) < 4.78 is 5.83. The van der Waals surface area contributed by atoms with E-state index in [9.17, 15) is 4.79 Å². The van der Waals surface area contributed by atoms with Crippen LogP contribution in [0.3, 0.4) is 0 Å². The first-order chi connectivity index (χ1) is 12.8. The zero-order chi connectivity index (χ0) is 17.8. The third-order valence-corrected chi connectivity index (χ3v) is 4.83. The Labute approximate surface area is 152 Å². The number of para-hydroxylation sites is 1. The monoisotopic (exact) mass is 349 g/mol. The van der Waals surface area contributed by atoms with E-state index in [1.54, 1.807) is 6.07 Å². The van der Waals surface area contributed by atoms with Crippen LogP contribution in [0.15, 0.2) is 53.3 Å². The van der Waals surface area contributed by atoms with E-state index in [2.05, 4.69) is 14.9 Å². The molecule has 4 rings (SSSR count). The lowest BCUT2D eigenvalue weighted by molar-refractivity contribution is 0.263. The summed E-state index contributed by atoms with van der Waals surface area (Å²) in [6.45, 7) is 4.29. The number of aromatic nitrogens is 2. The van der Waals surface area contributed by atoms with E-state index in [0.717, 1.165) is 30.9 Å². The Kier molecular flexibility index (Phi) is 4.97. The molecule has 0 aliphatic carbocycles. The molecule has 0 spiro atoms. The molecule has 1 aromatic heterocycles. The topological polar surface area (TPSA) is 58.2 Å². The molecule has 1 aliphatic heterocycles. The molecule has 2 heterocycles. The van der Waals surface area contributed by atoms with Crippen molar-refractivity contribution in [3.05, 3.63) is 58.9 Å². The Morgan fingerprint density at radius 3 is 2.62 bits per heavy atom. The number of hydrogen-bond acceptors (Lipinski definition) is 4. The van der Waals surface area contributed by atoms with E-state index < -0.39 is 0 Å². The third kappa shape index (κ3) is 3.78. The highest BCUT2D eigenvalue weighted by Gasteiger charge is 2.10. The number of benzene rings is 2. The van der Waals surface area contributed by atoms with Gasteiger partial charge in [-0.15, -0.1) is 0 Å². The predicted octanol–water partition coefficient (Wildman–Crippen LogP) is 3.45. The van der Waals surface area contributed by atoms with Crippen molar-refractivity contribution in [3.8, 4) is 17.1 Å². The molecule has 1 N–H and O–H groups in total. The van der Waals surface area contributed by atoms with Gasteiger partial charge in [0.2, 0.25) is 0 Å². The minimum Gasteiger partial charge on any atom is -0.494 e. The van der Waals surface area contributed by atoms with Gasteiger partial charge in [-0.25, -0.2) is 4.98 Å². The van der Waals surface area contributed by atoms with Crippen LogP contribution in [0, 0.1) is 0 Å². The number of rotatable bonds is 6. The lowest BCUT2D eigenvalue weighted by Gasteiger charge is -2.14. The number of nitrogens with zero attached hydrogens (tertiary/aromatic N) is 2. The second-order valence-electron chi connectivity index (χ2n) is 6.71. The Balaban J connectivity index is 1.40. The summed E-state index contributed by atoms with van der Waals surface area (Å²) in [6.07, 6.45) is 3.70. The Morgan fingerprint density at radius 2 is 1.81 bits per heavy atom. The summed E-state index contributed by atoms with van der Waals surface area (Å²) >= 11 is 0. The minimum absolute atomic E-state index is 0.118. The SMILES string of the molecule is O=c1[nH]c(-c2ccc(OCCCN3CCCC3)cc2)nc2ccccc12. The number of nitrogens with one attached hydrogen (secondary N) is 1. The van der Waals surface area contributed by atoms with Gasteiger partial charge in [0, 0.05) is 12.1 Å². The molecule has 1 aliphatic rings. The molecule has 2 aromatic carbocycles. The van der Waals surface area contributed by atoms with Crippen LogP contribution in [0.4, 0.5) is 0 Å². The predicted molar refractivity (Wildman–Crippen MR) is 104 cm³/mol. The zero-order valence-corrected chi connectivity index (χ0v) is 14.8. The van der Waals surface area contributed by atoms with Crippen molar-refractivity contribution in [1.82, 2.24) is 14.9 Å². The molecule has 0 atom stereocenters. The second kappa shape index (κ2) is 7.70. The maximum Gasteiger partial charge on any atom is 0.259 e. The van der Waals surface area contributed by atoms with Crippen molar-refractivity contribution in [1.29, 1.82) is 0 Å². The first-order valence-corrected chi connectivity index (χ1v) is 9.24. The van der Waals surface area contributed by atoms with Gasteiger partial charge in [-0.2, -0.15) is 0 Å². The van der Waals surface area contributed by atoms with E-state index in [1.165, 1.54) is 25.9 Å². The molecular weight excluding hydrogens is 326 g/mol. The lowest BCUT2D eigenvalue weighted by Crippen LogP contribution is -2.21. The molecule has 0 bridgehead atoms. The van der Waals surface area contributed by atoms with Gasteiger partial charge in [-0.1, -0.05) is 12.1 Å². The maximum atomic E-state index is 12.2. The van der Waals surface area contributed by atoms with Crippen LogP contribution in [-0.4, -0.2) is 41.1 Å². The molecule has 26 heavy (non-hydrogen) atoms. The van der Waals surface area contributed by atoms with Crippen LogP contribution in [-0.2, 0) is 0 Å². The van der Waals surface area contributed by atoms with E-state index in [4.69, 9.17) is 4.74 Å². The first-order valence-electron chi connectivity index (χ1n) is 9.24. The number of H-pyrrole nitrogens is 1. The van der Waals surface area contributed by atoms with Gasteiger partial charge in [0.25, 0.3) is 5.56 Å². The molecule has 0 radical (unpaired) electrons. The number of fused-ring (bicyclic) bond motifs is 1. The average molecular weight is 349 g/mol. The summed E-state index contributed by atoms with van der Waals surface area (Å²) in [5.41, 5.74) is 1.46. The minimum atomic E-state index is -0.118. The van der Waals surface area contributed by atoms with E-state index in [-0.39, 0.29) is 5.56 Å². The highest BCUT2D eigenvalue weighted by molar-refractivity contribution is 5.79. The molecule has 0 unspecified atom stereocenters. The summed E-state index contributed by atoms with van der Waals surface area (Å²) in [6, 6.07) is 15.1. The summed E-state index contributed by atoms with van der Waals surface area (Å²) in [7, 11) is 0. The average Bonchev–Trinajstić information content (AvgIpc) is 3.19. The normalized spacial score (nSPS) is 14.8. The van der Waals surface area contributed by atoms with Crippen molar-refractivity contribution < 1.29 is 4.74 Å². The van der Waals surface area contributed by atoms with Gasteiger partial charge in [-0.05, 0) is 68.8 Å². The van der Waals surface area contributed by atoms with Gasteiger partial charge in [-0.3, -0.25) is 4.79 Å². The number of ether oxygens (including phenoxy) is 1. The number of aromatic amines is 1. The fraction of sp³-hybridized carbons (Fsp3) is 0.333. The molecule has 0 amide bonds. The van der Waals surface area contributed by atoms with E-state index >= 15 is 0 Å². The van der Waals surface area contributed by atoms with Crippen LogP contribution >= 0.6 is 0 Å². The maximum absolute atomic E-state index is 12.2. The third-order valence-electron chi connectivity index (χ3n) is 4.83. The van der Waals surface area contributed by atoms with Crippen molar-refractivity contribution in [2.75, 3.05) is 26.2 Å². The fourth-order valence-electron chi connectivity index (χ4n) is 3.42. The van der Waals surface area contributed by atoms with Gasteiger partial charge in [0.05, 0.1) is 17.5 Å². The van der Waals surface area contributed by atoms with Crippen LogP contribution in [0.25, 0.3) is 22.3 Å². The highest BCUT2D eigenvalue weighted by atomic mass is 16.5. The van der Waals surface area contributed by atoms with Crippen molar-refractivity contribution in [2.24, 2.45) is 0 Å². The quantitative estimate of drug-likeness (QED) is 0.693. The molecule has 5 nitrogen and oxygen atoms in total. The zero-order valence-electron chi connectivity index (χ0n) is 14.8. The van der Waals surface area contributed by atoms with Crippen LogP contribution in [0.2, 0.25) is 0 Å². The summed E-state index contributed by atoms with van der Waals surface area (Å²) in [5.74, 6) is 1.42. The number of hydrogen-bond donors (Lipinski definition) is 1. The van der Waals surface area contributed by atoms with Crippen molar-refractivity contribution >= 4 is 10.9 Å². The smallest absolute Gasteiger partial charge is 0.259 e. The van der Waals surface area contributed by atoms with Gasteiger partial charge in [0.1, 0.15) is 11.6 Å². The molecule has 5 heteroatoms. The molecule has 1 fully saturated rings. The van der Waals surface area contributed by atoms with Gasteiger partial charge in [0.15, 0.2) is 0 Å². The standard InChI is InChI=1S/C21H23N3O2/c25-21-18-6-1-2-7-19(18)22-20(23-21)16-8-10-17(11-9-16)26-15-5-14-24-12-3-4-13-24/h1-2,6-11H,3-5,12-15H2,(H,22,23,25). The van der Waals surface area contributed by atoms with Gasteiger partial charge < -0.3 is 14.6 Å². The Bertz CT molecular complexity index is 928. The summed E-state index contributed by atoms with van der Waals surface area (Å²) in [4.78, 5) is 22.1. The summed E-state index contributed by atoms with van der Waals surface area (Å²) in [5, 5.41) is 0.606. The molecule has 134 valence electrons. The largest absolute Gasteiger partial charge is 0.494 e. The van der Waals surface area contributed by atoms with E-state index in [0.29, 0.717) is 16.7 Å². The Morgan fingerprint density at radius 1 is 1.04 bits per heavy atom. The number of likely N-dealkylation sites (tertiary alicyclic amines) is 1. The van der Waals surface area contributed by atoms with Crippen LogP contribution in [0.5, 0.6) is 5.75 Å².